The molecule has 0 aromatic heterocycles. The number of hydrogen-bond acceptors (Lipinski definition) is 3. The third kappa shape index (κ3) is 3.64. The minimum atomic E-state index is -2.34. The van der Waals surface area contributed by atoms with Crippen molar-refractivity contribution < 1.29 is 18.8 Å². The molecule has 0 aliphatic rings. The molecule has 5 heteroatoms. The Labute approximate surface area is 68.4 Å². The summed E-state index contributed by atoms with van der Waals surface area (Å²) in [7, 11) is 2.42. The van der Waals surface area contributed by atoms with Gasteiger partial charge in [0.25, 0.3) is 0 Å². The second-order valence-electron chi connectivity index (χ2n) is 1.79. The second kappa shape index (κ2) is 6.50. The van der Waals surface area contributed by atoms with Gasteiger partial charge in [0.1, 0.15) is 0 Å². The molecule has 0 aliphatic carbocycles. The molecule has 0 radical (unpaired) electrons. The molecular weight excluding hydrogens is 164 g/mol. The van der Waals surface area contributed by atoms with Crippen LogP contribution >= 0.6 is 0 Å². The van der Waals surface area contributed by atoms with Crippen LogP contribution < -0.4 is 0 Å². The van der Waals surface area contributed by atoms with Crippen LogP contribution in [-0.4, -0.2) is 35.6 Å². The van der Waals surface area contributed by atoms with Gasteiger partial charge in [0.2, 0.25) is 0 Å². The van der Waals surface area contributed by atoms with Crippen LogP contribution in [0.15, 0.2) is 12.7 Å². The molecule has 4 nitrogen and oxygen atoms in total. The monoisotopic (exact) mass is 180 g/mol. The largest absolute Gasteiger partial charge is 0.504 e. The molecule has 0 aromatic carbocycles. The lowest BCUT2D eigenvalue weighted by molar-refractivity contribution is 0.127. The van der Waals surface area contributed by atoms with Crippen LogP contribution in [0.3, 0.4) is 0 Å². The van der Waals surface area contributed by atoms with Crippen molar-refractivity contribution in [3.05, 3.63) is 12.7 Å². The minimum absolute atomic E-state index is 0. The quantitative estimate of drug-likeness (QED) is 0.449. The number of hydrogen-bond donors (Lipinski definition) is 0. The van der Waals surface area contributed by atoms with Gasteiger partial charge in [0.15, 0.2) is 0 Å². The van der Waals surface area contributed by atoms with Crippen LogP contribution in [0, 0.1) is 0 Å². The molecule has 0 spiro atoms. The fraction of sp³-hybridized carbons (Fsp3) is 0.667. The second-order valence-corrected chi connectivity index (χ2v) is 4.79. The maximum atomic E-state index is 5.10. The molecule has 11 heavy (non-hydrogen) atoms. The average Bonchev–Trinajstić information content (AvgIpc) is 2.01. The standard InChI is InChI=1S/C6H14O3Si.H2O/c1-5-6-10(7-2,8-3)9-4;/h5H,1,6H2,2-4H3;1H2. The summed E-state index contributed by atoms with van der Waals surface area (Å²) >= 11 is 0. The van der Waals surface area contributed by atoms with Crippen molar-refractivity contribution in [1.82, 2.24) is 0 Å². The highest BCUT2D eigenvalue weighted by molar-refractivity contribution is 6.61. The zero-order valence-corrected chi connectivity index (χ0v) is 8.22. The van der Waals surface area contributed by atoms with Crippen LogP contribution in [0.2, 0.25) is 6.04 Å². The molecule has 2 N–H and O–H groups in total. The van der Waals surface area contributed by atoms with Crippen molar-refractivity contribution >= 4 is 8.80 Å². The van der Waals surface area contributed by atoms with Crippen molar-refractivity contribution in [2.24, 2.45) is 0 Å². The maximum Gasteiger partial charge on any atom is 0.504 e. The van der Waals surface area contributed by atoms with Crippen LogP contribution in [0.1, 0.15) is 0 Å². The molecule has 0 heterocycles. The van der Waals surface area contributed by atoms with Gasteiger partial charge in [-0.15, -0.1) is 6.58 Å². The van der Waals surface area contributed by atoms with Gasteiger partial charge in [-0.3, -0.25) is 0 Å². The van der Waals surface area contributed by atoms with E-state index in [1.807, 2.05) is 0 Å². The molecule has 0 bridgehead atoms. The van der Waals surface area contributed by atoms with Gasteiger partial charge in [-0.25, -0.2) is 0 Å². The third-order valence-electron chi connectivity index (χ3n) is 1.33. The summed E-state index contributed by atoms with van der Waals surface area (Å²) in [5.74, 6) is 0. The van der Waals surface area contributed by atoms with Gasteiger partial charge in [-0.05, 0) is 0 Å². The summed E-state index contributed by atoms with van der Waals surface area (Å²) < 4.78 is 15.3. The Morgan fingerprint density at radius 2 is 1.55 bits per heavy atom. The van der Waals surface area contributed by atoms with E-state index in [1.54, 1.807) is 27.4 Å². The van der Waals surface area contributed by atoms with Crippen LogP contribution in [0.25, 0.3) is 0 Å². The minimum Gasteiger partial charge on any atom is -0.412 e. The van der Waals surface area contributed by atoms with Crippen molar-refractivity contribution in [2.75, 3.05) is 21.3 Å². The summed E-state index contributed by atoms with van der Waals surface area (Å²) in [6, 6.07) is 0.649. The summed E-state index contributed by atoms with van der Waals surface area (Å²) in [5, 5.41) is 0. The fourth-order valence-electron chi connectivity index (χ4n) is 0.677. The number of allylic oxidation sites excluding steroid dienone is 1. The van der Waals surface area contributed by atoms with Gasteiger partial charge < -0.3 is 18.8 Å². The lowest BCUT2D eigenvalue weighted by atomic mass is 10.8. The van der Waals surface area contributed by atoms with Crippen LogP contribution in [0.4, 0.5) is 0 Å². The first kappa shape index (κ1) is 13.4. The molecule has 0 fully saturated rings. The van der Waals surface area contributed by atoms with E-state index in [4.69, 9.17) is 13.3 Å². The van der Waals surface area contributed by atoms with Gasteiger partial charge in [-0.2, -0.15) is 0 Å². The summed E-state index contributed by atoms with van der Waals surface area (Å²) in [6.45, 7) is 3.58. The predicted octanol–water partition coefficient (Wildman–Crippen LogP) is 0.226. The Bertz CT molecular complexity index is 94.5. The molecule has 0 saturated heterocycles. The predicted molar refractivity (Wildman–Crippen MR) is 45.4 cm³/mol. The summed E-state index contributed by atoms with van der Waals surface area (Å²) in [5.41, 5.74) is 0. The molecule has 0 saturated carbocycles. The van der Waals surface area contributed by atoms with Crippen molar-refractivity contribution in [3.63, 3.8) is 0 Å². The van der Waals surface area contributed by atoms with E-state index in [1.165, 1.54) is 0 Å². The Morgan fingerprint density at radius 3 is 1.64 bits per heavy atom. The first-order valence-electron chi connectivity index (χ1n) is 3.01. The average molecular weight is 180 g/mol. The lowest BCUT2D eigenvalue weighted by Gasteiger charge is -2.22. The van der Waals surface area contributed by atoms with Crippen molar-refractivity contribution in [3.8, 4) is 0 Å². The molecule has 0 aromatic rings. The summed E-state index contributed by atoms with van der Waals surface area (Å²) in [4.78, 5) is 0. The maximum absolute atomic E-state index is 5.10. The summed E-state index contributed by atoms with van der Waals surface area (Å²) in [6.07, 6.45) is 1.74. The van der Waals surface area contributed by atoms with Gasteiger partial charge in [-0.1, -0.05) is 6.08 Å². The molecular formula is C6H16O4Si. The van der Waals surface area contributed by atoms with E-state index in [0.29, 0.717) is 6.04 Å². The Hall–Kier alpha value is -0.203. The van der Waals surface area contributed by atoms with E-state index >= 15 is 0 Å². The zero-order chi connectivity index (χ0) is 8.04. The van der Waals surface area contributed by atoms with Crippen LogP contribution in [0.5, 0.6) is 0 Å². The number of rotatable bonds is 5. The topological polar surface area (TPSA) is 59.2 Å². The van der Waals surface area contributed by atoms with E-state index in [2.05, 4.69) is 6.58 Å². The van der Waals surface area contributed by atoms with Gasteiger partial charge >= 0.3 is 8.80 Å². The lowest BCUT2D eigenvalue weighted by Crippen LogP contribution is -2.41. The Morgan fingerprint density at radius 1 is 1.18 bits per heavy atom. The smallest absolute Gasteiger partial charge is 0.412 e. The van der Waals surface area contributed by atoms with Crippen LogP contribution in [-0.2, 0) is 13.3 Å². The highest BCUT2D eigenvalue weighted by Crippen LogP contribution is 2.11. The van der Waals surface area contributed by atoms with E-state index in [9.17, 15) is 0 Å². The van der Waals surface area contributed by atoms with Gasteiger partial charge in [0.05, 0.1) is 0 Å². The fourth-order valence-corrected chi connectivity index (χ4v) is 2.03. The van der Waals surface area contributed by atoms with E-state index in [0.717, 1.165) is 0 Å². The molecule has 0 unspecified atom stereocenters. The molecule has 0 aliphatic heterocycles. The Balaban J connectivity index is 0. The highest BCUT2D eigenvalue weighted by atomic mass is 28.4. The highest BCUT2D eigenvalue weighted by Gasteiger charge is 2.35. The third-order valence-corrected chi connectivity index (χ3v) is 3.98. The molecule has 0 rings (SSSR count). The normalized spacial score (nSPS) is 10.5. The molecule has 0 amide bonds. The molecule has 68 valence electrons. The van der Waals surface area contributed by atoms with Crippen molar-refractivity contribution in [2.45, 2.75) is 6.04 Å². The van der Waals surface area contributed by atoms with Gasteiger partial charge in [0, 0.05) is 27.4 Å². The Kier molecular flexibility index (Phi) is 7.92. The zero-order valence-electron chi connectivity index (χ0n) is 7.22. The van der Waals surface area contributed by atoms with E-state index < -0.39 is 8.80 Å². The molecule has 0 atom stereocenters. The van der Waals surface area contributed by atoms with Crippen molar-refractivity contribution in [1.29, 1.82) is 0 Å². The SMILES string of the molecule is C=CC[Si](OC)(OC)OC.O. The first-order valence-corrected chi connectivity index (χ1v) is 4.94. The van der Waals surface area contributed by atoms with E-state index in [-0.39, 0.29) is 5.48 Å². The first-order chi connectivity index (χ1) is 4.74.